The van der Waals surface area contributed by atoms with Crippen LogP contribution >= 0.6 is 23.1 Å². The van der Waals surface area contributed by atoms with Gasteiger partial charge in [0.1, 0.15) is 16.4 Å². The van der Waals surface area contributed by atoms with Gasteiger partial charge in [-0.1, -0.05) is 18.2 Å². The minimum absolute atomic E-state index is 0.0303. The Morgan fingerprint density at radius 1 is 1.25 bits per heavy atom. The summed E-state index contributed by atoms with van der Waals surface area (Å²) < 4.78 is 32.8. The van der Waals surface area contributed by atoms with E-state index in [1.807, 2.05) is 11.4 Å². The Kier molecular flexibility index (Phi) is 6.84. The molecule has 1 aromatic carbocycles. The highest BCUT2D eigenvalue weighted by Gasteiger charge is 2.27. The van der Waals surface area contributed by atoms with Gasteiger partial charge >= 0.3 is 0 Å². The second-order valence-electron chi connectivity index (χ2n) is 7.19. The molecule has 32 heavy (non-hydrogen) atoms. The van der Waals surface area contributed by atoms with Crippen LogP contribution in [0.15, 0.2) is 39.7 Å². The third-order valence-corrected chi connectivity index (χ3v) is 8.61. The van der Waals surface area contributed by atoms with Crippen molar-refractivity contribution in [2.24, 2.45) is 0 Å². The minimum Gasteiger partial charge on any atom is -0.495 e. The Morgan fingerprint density at radius 2 is 2.03 bits per heavy atom. The average Bonchev–Trinajstić information content (AvgIpc) is 3.27. The number of anilines is 2. The van der Waals surface area contributed by atoms with Crippen molar-refractivity contribution < 1.29 is 17.9 Å². The van der Waals surface area contributed by atoms with Crippen molar-refractivity contribution in [1.82, 2.24) is 14.3 Å². The lowest BCUT2D eigenvalue weighted by molar-refractivity contribution is -0.113. The quantitative estimate of drug-likeness (QED) is 0.379. The molecule has 1 amide bonds. The molecule has 0 aliphatic carbocycles. The number of nitrogens with two attached hydrogens (primary N) is 1. The number of carbonyl (C=O) groups is 1. The first-order valence-electron chi connectivity index (χ1n) is 10.00. The van der Waals surface area contributed by atoms with Crippen molar-refractivity contribution >= 4 is 60.8 Å². The molecule has 170 valence electrons. The van der Waals surface area contributed by atoms with Gasteiger partial charge in [0, 0.05) is 13.1 Å². The summed E-state index contributed by atoms with van der Waals surface area (Å²) in [5.74, 6) is 0.440. The van der Waals surface area contributed by atoms with E-state index in [9.17, 15) is 13.2 Å². The van der Waals surface area contributed by atoms with Crippen LogP contribution in [0.5, 0.6) is 5.75 Å². The molecular weight excluding hydrogens is 470 g/mol. The van der Waals surface area contributed by atoms with Crippen LogP contribution in [0.25, 0.3) is 10.2 Å². The van der Waals surface area contributed by atoms with Gasteiger partial charge in [-0.15, -0.1) is 11.3 Å². The van der Waals surface area contributed by atoms with Gasteiger partial charge in [0.05, 0.1) is 28.8 Å². The maximum Gasteiger partial charge on any atom is 0.243 e. The van der Waals surface area contributed by atoms with Crippen LogP contribution in [0.4, 0.5) is 11.5 Å². The molecule has 1 aliphatic rings. The third-order valence-electron chi connectivity index (χ3n) is 5.06. The molecule has 4 rings (SSSR count). The standard InChI is InChI=1S/C20H23N5O4S3/c1-29-16-6-5-13(32(27,28)25-8-3-2-4-9-25)11-15(16)22-17(26)12-31-20-23-18(21)14-7-10-30-19(14)24-20/h5-7,10-11H,2-4,8-9,12H2,1H3,(H,22,26)(H2,21,23,24). The molecule has 0 bridgehead atoms. The molecule has 3 N–H and O–H groups in total. The number of hydrogen-bond donors (Lipinski definition) is 2. The van der Waals surface area contributed by atoms with Gasteiger partial charge in [0.25, 0.3) is 0 Å². The van der Waals surface area contributed by atoms with E-state index >= 15 is 0 Å². The number of carbonyl (C=O) groups excluding carboxylic acids is 1. The summed E-state index contributed by atoms with van der Waals surface area (Å²) in [7, 11) is -2.17. The maximum absolute atomic E-state index is 13.0. The fourth-order valence-corrected chi connectivity index (χ4v) is 6.46. The smallest absolute Gasteiger partial charge is 0.243 e. The number of benzene rings is 1. The lowest BCUT2D eigenvalue weighted by Gasteiger charge is -2.26. The van der Waals surface area contributed by atoms with Crippen LogP contribution in [0.1, 0.15) is 19.3 Å². The van der Waals surface area contributed by atoms with E-state index in [-0.39, 0.29) is 16.6 Å². The Hall–Kier alpha value is -2.41. The summed E-state index contributed by atoms with van der Waals surface area (Å²) >= 11 is 2.60. The van der Waals surface area contributed by atoms with Gasteiger partial charge in [-0.2, -0.15) is 4.31 Å². The van der Waals surface area contributed by atoms with Gasteiger partial charge in [0.2, 0.25) is 15.9 Å². The molecular formula is C20H23N5O4S3. The zero-order valence-electron chi connectivity index (χ0n) is 17.4. The molecule has 0 saturated carbocycles. The first kappa shape index (κ1) is 22.8. The Morgan fingerprint density at radius 3 is 2.78 bits per heavy atom. The number of thiophene rings is 1. The summed E-state index contributed by atoms with van der Waals surface area (Å²) in [6, 6.07) is 6.35. The maximum atomic E-state index is 13.0. The van der Waals surface area contributed by atoms with E-state index < -0.39 is 10.0 Å². The van der Waals surface area contributed by atoms with Crippen LogP contribution in [0.2, 0.25) is 0 Å². The second kappa shape index (κ2) is 9.61. The summed E-state index contributed by atoms with van der Waals surface area (Å²) in [4.78, 5) is 22.1. The third kappa shape index (κ3) is 4.82. The molecule has 9 nitrogen and oxygen atoms in total. The van der Waals surface area contributed by atoms with Crippen LogP contribution < -0.4 is 15.8 Å². The highest BCUT2D eigenvalue weighted by Crippen LogP contribution is 2.31. The fraction of sp³-hybridized carbons (Fsp3) is 0.350. The first-order chi connectivity index (χ1) is 15.4. The van der Waals surface area contributed by atoms with Crippen LogP contribution in [0, 0.1) is 0 Å². The minimum atomic E-state index is -3.63. The summed E-state index contributed by atoms with van der Waals surface area (Å²) in [5, 5.41) is 5.82. The molecule has 12 heteroatoms. The lowest BCUT2D eigenvalue weighted by atomic mass is 10.2. The molecule has 3 heterocycles. The summed E-state index contributed by atoms with van der Waals surface area (Å²) in [5.41, 5.74) is 6.25. The van der Waals surface area contributed by atoms with E-state index in [1.54, 1.807) is 6.07 Å². The highest BCUT2D eigenvalue weighted by molar-refractivity contribution is 7.99. The number of ether oxygens (including phenoxy) is 1. The fourth-order valence-electron chi connectivity index (χ4n) is 3.44. The average molecular weight is 494 g/mol. The van der Waals surface area contributed by atoms with E-state index in [0.717, 1.165) is 41.2 Å². The molecule has 3 aromatic rings. The number of methoxy groups -OCH3 is 1. The number of hydrogen-bond acceptors (Lipinski definition) is 9. The number of fused-ring (bicyclic) bond motifs is 1. The van der Waals surface area contributed by atoms with Gasteiger partial charge in [-0.25, -0.2) is 18.4 Å². The van der Waals surface area contributed by atoms with Crippen molar-refractivity contribution in [2.45, 2.75) is 29.3 Å². The number of nitrogens with zero attached hydrogens (tertiary/aromatic N) is 3. The predicted molar refractivity (Wildman–Crippen MR) is 127 cm³/mol. The number of nitrogen functional groups attached to an aromatic ring is 1. The van der Waals surface area contributed by atoms with Crippen LogP contribution in [0.3, 0.4) is 0 Å². The van der Waals surface area contributed by atoms with Crippen molar-refractivity contribution in [1.29, 1.82) is 0 Å². The molecule has 0 radical (unpaired) electrons. The molecule has 1 fully saturated rings. The van der Waals surface area contributed by atoms with Crippen molar-refractivity contribution in [2.75, 3.05) is 37.0 Å². The molecule has 0 unspecified atom stereocenters. The lowest BCUT2D eigenvalue weighted by Crippen LogP contribution is -2.35. The number of piperidine rings is 1. The molecule has 1 saturated heterocycles. The van der Waals surface area contributed by atoms with Gasteiger partial charge in [0.15, 0.2) is 5.16 Å². The number of amides is 1. The second-order valence-corrected chi connectivity index (χ2v) is 11.0. The zero-order chi connectivity index (χ0) is 22.7. The van der Waals surface area contributed by atoms with Crippen LogP contribution in [-0.4, -0.2) is 54.6 Å². The molecule has 0 atom stereocenters. The number of sulfonamides is 1. The molecule has 0 spiro atoms. The number of thioether (sulfide) groups is 1. The highest BCUT2D eigenvalue weighted by atomic mass is 32.2. The largest absolute Gasteiger partial charge is 0.495 e. The van der Waals surface area contributed by atoms with Crippen molar-refractivity contribution in [3.05, 3.63) is 29.6 Å². The zero-order valence-corrected chi connectivity index (χ0v) is 19.9. The van der Waals surface area contributed by atoms with E-state index in [2.05, 4.69) is 15.3 Å². The SMILES string of the molecule is COc1ccc(S(=O)(=O)N2CCCCC2)cc1NC(=O)CSc1nc(N)c2ccsc2n1. The number of rotatable bonds is 7. The number of nitrogens with one attached hydrogen (secondary N) is 1. The normalized spacial score (nSPS) is 15.0. The van der Waals surface area contributed by atoms with Gasteiger partial charge in [-0.05, 0) is 42.5 Å². The van der Waals surface area contributed by atoms with E-state index in [0.29, 0.717) is 35.5 Å². The predicted octanol–water partition coefficient (Wildman–Crippen LogP) is 3.19. The Labute approximate surface area is 194 Å². The van der Waals surface area contributed by atoms with Gasteiger partial charge < -0.3 is 15.8 Å². The summed E-state index contributed by atoms with van der Waals surface area (Å²) in [6.07, 6.45) is 2.72. The topological polar surface area (TPSA) is 128 Å². The van der Waals surface area contributed by atoms with E-state index in [4.69, 9.17) is 10.5 Å². The monoisotopic (exact) mass is 493 g/mol. The number of aromatic nitrogens is 2. The Bertz CT molecular complexity index is 1240. The van der Waals surface area contributed by atoms with Crippen molar-refractivity contribution in [3.63, 3.8) is 0 Å². The Balaban J connectivity index is 1.48. The molecule has 1 aliphatic heterocycles. The van der Waals surface area contributed by atoms with Crippen molar-refractivity contribution in [3.8, 4) is 5.75 Å². The van der Waals surface area contributed by atoms with E-state index in [1.165, 1.54) is 34.9 Å². The van der Waals surface area contributed by atoms with Crippen LogP contribution in [-0.2, 0) is 14.8 Å². The summed E-state index contributed by atoms with van der Waals surface area (Å²) in [6.45, 7) is 1.01. The van der Waals surface area contributed by atoms with Gasteiger partial charge in [-0.3, -0.25) is 4.79 Å². The first-order valence-corrected chi connectivity index (χ1v) is 13.3. The molecule has 2 aromatic heterocycles.